The van der Waals surface area contributed by atoms with Crippen LogP contribution in [0.15, 0.2) is 6.33 Å². The van der Waals surface area contributed by atoms with Gasteiger partial charge in [-0.1, -0.05) is 0 Å². The van der Waals surface area contributed by atoms with Gasteiger partial charge >= 0.3 is 0 Å². The standard InChI is InChI=1S/C11H18N4O2/c1-15-11(13-8-14-15)6-9(16)7-17-10-2-4-12-5-3-10/h8,10,12H,2-7H2,1H3. The highest BCUT2D eigenvalue weighted by Gasteiger charge is 2.15. The van der Waals surface area contributed by atoms with E-state index in [1.807, 2.05) is 0 Å². The first-order chi connectivity index (χ1) is 8.25. The Morgan fingerprint density at radius 1 is 1.59 bits per heavy atom. The van der Waals surface area contributed by atoms with Gasteiger partial charge in [0.1, 0.15) is 18.8 Å². The van der Waals surface area contributed by atoms with Crippen molar-refractivity contribution in [3.8, 4) is 0 Å². The van der Waals surface area contributed by atoms with E-state index in [1.165, 1.54) is 6.33 Å². The molecule has 0 atom stereocenters. The Labute approximate surface area is 100 Å². The van der Waals surface area contributed by atoms with Crippen LogP contribution in [-0.4, -0.2) is 46.3 Å². The topological polar surface area (TPSA) is 69.0 Å². The molecule has 0 aromatic carbocycles. The SMILES string of the molecule is Cn1ncnc1CC(=O)COC1CCNCC1. The molecule has 1 saturated heterocycles. The Kier molecular flexibility index (Phi) is 4.22. The third-order valence-electron chi connectivity index (χ3n) is 2.93. The van der Waals surface area contributed by atoms with Crippen molar-refractivity contribution in [2.24, 2.45) is 7.05 Å². The summed E-state index contributed by atoms with van der Waals surface area (Å²) >= 11 is 0. The van der Waals surface area contributed by atoms with Gasteiger partial charge in [0.15, 0.2) is 5.78 Å². The fourth-order valence-electron chi connectivity index (χ4n) is 1.88. The minimum Gasteiger partial charge on any atom is -0.370 e. The molecule has 6 heteroatoms. The summed E-state index contributed by atoms with van der Waals surface area (Å²) in [6.07, 6.45) is 3.94. The molecule has 1 fully saturated rings. The third kappa shape index (κ3) is 3.61. The van der Waals surface area contributed by atoms with Crippen molar-refractivity contribution in [1.82, 2.24) is 20.1 Å². The number of aromatic nitrogens is 3. The summed E-state index contributed by atoms with van der Waals surface area (Å²) in [7, 11) is 1.78. The summed E-state index contributed by atoms with van der Waals surface area (Å²) < 4.78 is 7.20. The van der Waals surface area contributed by atoms with Crippen molar-refractivity contribution in [1.29, 1.82) is 0 Å². The quantitative estimate of drug-likeness (QED) is 0.762. The molecule has 0 radical (unpaired) electrons. The maximum Gasteiger partial charge on any atom is 0.166 e. The zero-order chi connectivity index (χ0) is 12.1. The Morgan fingerprint density at radius 2 is 2.35 bits per heavy atom. The molecule has 0 amide bonds. The van der Waals surface area contributed by atoms with Crippen LogP contribution in [0.3, 0.4) is 0 Å². The maximum absolute atomic E-state index is 11.7. The first kappa shape index (κ1) is 12.2. The summed E-state index contributed by atoms with van der Waals surface area (Å²) in [5.41, 5.74) is 0. The Morgan fingerprint density at radius 3 is 3.00 bits per heavy atom. The minimum atomic E-state index is 0.0552. The number of piperidine rings is 1. The van der Waals surface area contributed by atoms with Gasteiger partial charge in [0.05, 0.1) is 12.5 Å². The van der Waals surface area contributed by atoms with E-state index in [9.17, 15) is 4.79 Å². The van der Waals surface area contributed by atoms with E-state index in [0.717, 1.165) is 25.9 Å². The number of nitrogens with zero attached hydrogens (tertiary/aromatic N) is 3. The van der Waals surface area contributed by atoms with E-state index in [1.54, 1.807) is 11.7 Å². The van der Waals surface area contributed by atoms with Gasteiger partial charge in [-0.15, -0.1) is 0 Å². The highest BCUT2D eigenvalue weighted by molar-refractivity contribution is 5.81. The Balaban J connectivity index is 1.72. The van der Waals surface area contributed by atoms with Crippen LogP contribution < -0.4 is 5.32 Å². The molecule has 0 unspecified atom stereocenters. The number of hydrogen-bond donors (Lipinski definition) is 1. The van der Waals surface area contributed by atoms with E-state index in [-0.39, 0.29) is 18.5 Å². The van der Waals surface area contributed by atoms with E-state index < -0.39 is 0 Å². The van der Waals surface area contributed by atoms with Gasteiger partial charge in [0.25, 0.3) is 0 Å². The molecular weight excluding hydrogens is 220 g/mol. The number of ketones is 1. The molecule has 0 saturated carbocycles. The zero-order valence-corrected chi connectivity index (χ0v) is 10.1. The van der Waals surface area contributed by atoms with E-state index >= 15 is 0 Å². The van der Waals surface area contributed by atoms with Crippen molar-refractivity contribution in [2.45, 2.75) is 25.4 Å². The number of carbonyl (C=O) groups excluding carboxylic acids is 1. The molecular formula is C11H18N4O2. The monoisotopic (exact) mass is 238 g/mol. The first-order valence-corrected chi connectivity index (χ1v) is 5.92. The number of carbonyl (C=O) groups is 1. The molecule has 0 aliphatic carbocycles. The average Bonchev–Trinajstić information content (AvgIpc) is 2.74. The summed E-state index contributed by atoms with van der Waals surface area (Å²) in [6.45, 7) is 2.13. The largest absolute Gasteiger partial charge is 0.370 e. The number of nitrogens with one attached hydrogen (secondary N) is 1. The lowest BCUT2D eigenvalue weighted by molar-refractivity contribution is -0.125. The molecule has 2 rings (SSSR count). The van der Waals surface area contributed by atoms with Crippen LogP contribution in [0.5, 0.6) is 0 Å². The van der Waals surface area contributed by atoms with Crippen LogP contribution in [0, 0.1) is 0 Å². The van der Waals surface area contributed by atoms with E-state index in [0.29, 0.717) is 12.2 Å². The number of Topliss-reactive ketones (excluding diaryl/α,β-unsaturated/α-hetero) is 1. The molecule has 1 aliphatic rings. The van der Waals surface area contributed by atoms with Crippen molar-refractivity contribution in [2.75, 3.05) is 19.7 Å². The molecule has 1 aromatic rings. The Bertz CT molecular complexity index is 371. The third-order valence-corrected chi connectivity index (χ3v) is 2.93. The molecule has 0 bridgehead atoms. The second-order valence-electron chi connectivity index (χ2n) is 4.28. The minimum absolute atomic E-state index is 0.0552. The predicted molar refractivity (Wildman–Crippen MR) is 61.6 cm³/mol. The summed E-state index contributed by atoms with van der Waals surface area (Å²) in [5.74, 6) is 0.739. The molecule has 0 spiro atoms. The van der Waals surface area contributed by atoms with Crippen molar-refractivity contribution < 1.29 is 9.53 Å². The number of aryl methyl sites for hydroxylation is 1. The number of hydrogen-bond acceptors (Lipinski definition) is 5. The number of ether oxygens (including phenoxy) is 1. The Hall–Kier alpha value is -1.27. The second-order valence-corrected chi connectivity index (χ2v) is 4.28. The summed E-state index contributed by atoms with van der Waals surface area (Å²) in [5, 5.41) is 7.18. The normalized spacial score (nSPS) is 17.2. The maximum atomic E-state index is 11.7. The van der Waals surface area contributed by atoms with Crippen molar-refractivity contribution >= 4 is 5.78 Å². The van der Waals surface area contributed by atoms with Crippen LogP contribution in [0.2, 0.25) is 0 Å². The van der Waals surface area contributed by atoms with Crippen molar-refractivity contribution in [3.63, 3.8) is 0 Å². The zero-order valence-electron chi connectivity index (χ0n) is 10.1. The molecule has 94 valence electrons. The highest BCUT2D eigenvalue weighted by Crippen LogP contribution is 2.07. The summed E-state index contributed by atoms with van der Waals surface area (Å²) in [4.78, 5) is 15.7. The van der Waals surface area contributed by atoms with Gasteiger partial charge in [-0.3, -0.25) is 9.48 Å². The van der Waals surface area contributed by atoms with Gasteiger partial charge < -0.3 is 10.1 Å². The van der Waals surface area contributed by atoms with Gasteiger partial charge in [0, 0.05) is 7.05 Å². The van der Waals surface area contributed by atoms with Crippen molar-refractivity contribution in [3.05, 3.63) is 12.2 Å². The lowest BCUT2D eigenvalue weighted by Crippen LogP contribution is -2.33. The molecule has 17 heavy (non-hydrogen) atoms. The molecule has 6 nitrogen and oxygen atoms in total. The highest BCUT2D eigenvalue weighted by atomic mass is 16.5. The average molecular weight is 238 g/mol. The molecule has 1 aliphatic heterocycles. The molecule has 2 heterocycles. The second kappa shape index (κ2) is 5.88. The summed E-state index contributed by atoms with van der Waals surface area (Å²) in [6, 6.07) is 0. The smallest absolute Gasteiger partial charge is 0.166 e. The van der Waals surface area contributed by atoms with Gasteiger partial charge in [0.2, 0.25) is 0 Å². The van der Waals surface area contributed by atoms with Gasteiger partial charge in [-0.25, -0.2) is 4.98 Å². The van der Waals surface area contributed by atoms with Gasteiger partial charge in [-0.05, 0) is 25.9 Å². The van der Waals surface area contributed by atoms with E-state index in [4.69, 9.17) is 4.74 Å². The van der Waals surface area contributed by atoms with Crippen LogP contribution >= 0.6 is 0 Å². The molecule has 1 N–H and O–H groups in total. The lowest BCUT2D eigenvalue weighted by atomic mass is 10.1. The lowest BCUT2D eigenvalue weighted by Gasteiger charge is -2.22. The first-order valence-electron chi connectivity index (χ1n) is 5.92. The van der Waals surface area contributed by atoms with Crippen LogP contribution in [-0.2, 0) is 23.0 Å². The van der Waals surface area contributed by atoms with Crippen LogP contribution in [0.25, 0.3) is 0 Å². The fraction of sp³-hybridized carbons (Fsp3) is 0.727. The predicted octanol–water partition coefficient (Wildman–Crippen LogP) is -0.305. The van der Waals surface area contributed by atoms with Gasteiger partial charge in [-0.2, -0.15) is 5.10 Å². The van der Waals surface area contributed by atoms with E-state index in [2.05, 4.69) is 15.4 Å². The number of rotatable bonds is 5. The van der Waals surface area contributed by atoms with Crippen LogP contribution in [0.4, 0.5) is 0 Å². The molecule has 1 aromatic heterocycles. The fourth-order valence-corrected chi connectivity index (χ4v) is 1.88. The van der Waals surface area contributed by atoms with Crippen LogP contribution in [0.1, 0.15) is 18.7 Å².